The maximum absolute atomic E-state index is 13.2. The second kappa shape index (κ2) is 6.83. The molecule has 5 rings (SSSR count). The van der Waals surface area contributed by atoms with E-state index in [2.05, 4.69) is 14.5 Å². The number of aromatic nitrogens is 2. The minimum absolute atomic E-state index is 0.0699. The molecule has 1 aromatic carbocycles. The molecule has 0 spiro atoms. The predicted molar refractivity (Wildman–Crippen MR) is 106 cm³/mol. The van der Waals surface area contributed by atoms with Crippen LogP contribution in [0.15, 0.2) is 48.0 Å². The second-order valence-corrected chi connectivity index (χ2v) is 8.61. The Balaban J connectivity index is 1.42. The van der Waals surface area contributed by atoms with Crippen molar-refractivity contribution >= 4 is 17.2 Å². The minimum Gasteiger partial charge on any atom is -0.337 e. The average molecular weight is 396 g/mol. The molecule has 144 valence electrons. The van der Waals surface area contributed by atoms with Crippen molar-refractivity contribution in [2.24, 2.45) is 0 Å². The van der Waals surface area contributed by atoms with E-state index in [0.717, 1.165) is 41.6 Å². The highest BCUT2D eigenvalue weighted by atomic mass is 32.1. The third kappa shape index (κ3) is 3.04. The Bertz CT molecular complexity index is 1010. The van der Waals surface area contributed by atoms with E-state index in [1.165, 1.54) is 12.1 Å². The lowest BCUT2D eigenvalue weighted by Crippen LogP contribution is -2.49. The Hall–Kier alpha value is -2.51. The molecule has 2 unspecified atom stereocenters. The van der Waals surface area contributed by atoms with Gasteiger partial charge in [0.25, 0.3) is 5.91 Å². The van der Waals surface area contributed by atoms with Crippen LogP contribution in [-0.2, 0) is 13.1 Å². The van der Waals surface area contributed by atoms with Crippen LogP contribution in [0.4, 0.5) is 4.39 Å². The van der Waals surface area contributed by atoms with E-state index in [9.17, 15) is 9.18 Å². The van der Waals surface area contributed by atoms with E-state index in [-0.39, 0.29) is 23.8 Å². The number of benzene rings is 1. The number of hydrogen-bond acceptors (Lipinski definition) is 4. The SMILES string of the molecule is Cc1nc(CN2C(=O)c3cccn3C3CN(Cc4ccc(F)cc4)CC32)cs1. The van der Waals surface area contributed by atoms with E-state index < -0.39 is 0 Å². The van der Waals surface area contributed by atoms with Gasteiger partial charge in [0.05, 0.1) is 29.3 Å². The van der Waals surface area contributed by atoms with Crippen molar-refractivity contribution in [3.05, 3.63) is 75.8 Å². The first kappa shape index (κ1) is 17.6. The third-order valence-corrected chi connectivity index (χ3v) is 6.49. The minimum atomic E-state index is -0.217. The molecule has 2 aliphatic heterocycles. The monoisotopic (exact) mass is 396 g/mol. The van der Waals surface area contributed by atoms with Gasteiger partial charge in [-0.15, -0.1) is 11.3 Å². The summed E-state index contributed by atoms with van der Waals surface area (Å²) < 4.78 is 15.3. The van der Waals surface area contributed by atoms with Gasteiger partial charge in [0, 0.05) is 31.2 Å². The second-order valence-electron chi connectivity index (χ2n) is 7.55. The van der Waals surface area contributed by atoms with Crippen LogP contribution in [0, 0.1) is 12.7 Å². The fourth-order valence-electron chi connectivity index (χ4n) is 4.41. The van der Waals surface area contributed by atoms with Gasteiger partial charge >= 0.3 is 0 Å². The number of aryl methyl sites for hydroxylation is 1. The molecule has 0 saturated carbocycles. The normalized spacial score (nSPS) is 21.8. The lowest BCUT2D eigenvalue weighted by Gasteiger charge is -2.38. The van der Waals surface area contributed by atoms with Crippen LogP contribution in [-0.4, -0.2) is 44.4 Å². The highest BCUT2D eigenvalue weighted by Crippen LogP contribution is 2.35. The number of thiazole rings is 1. The number of nitrogens with zero attached hydrogens (tertiary/aromatic N) is 4. The average Bonchev–Trinajstić information content (AvgIpc) is 3.40. The molecule has 1 fully saturated rings. The van der Waals surface area contributed by atoms with Crippen LogP contribution in [0.1, 0.15) is 32.8 Å². The molecule has 0 bridgehead atoms. The van der Waals surface area contributed by atoms with Gasteiger partial charge in [0.2, 0.25) is 0 Å². The van der Waals surface area contributed by atoms with Crippen molar-refractivity contribution in [1.82, 2.24) is 19.4 Å². The standard InChI is InChI=1S/C21H21FN4OS/c1-14-23-17(13-28-14)10-26-20-12-24(9-15-4-6-16(22)7-5-15)11-19(20)25-8-2-3-18(25)21(26)27/h2-8,13,19-20H,9-12H2,1H3. The van der Waals surface area contributed by atoms with Crippen LogP contribution in [0.2, 0.25) is 0 Å². The largest absolute Gasteiger partial charge is 0.337 e. The lowest BCUT2D eigenvalue weighted by atomic mass is 10.1. The zero-order valence-electron chi connectivity index (χ0n) is 15.6. The number of amides is 1. The first-order valence-electron chi connectivity index (χ1n) is 9.44. The van der Waals surface area contributed by atoms with Crippen LogP contribution >= 0.6 is 11.3 Å². The molecule has 0 radical (unpaired) electrons. The number of halogens is 1. The van der Waals surface area contributed by atoms with E-state index >= 15 is 0 Å². The fraction of sp³-hybridized carbons (Fsp3) is 0.333. The van der Waals surface area contributed by atoms with E-state index in [1.54, 1.807) is 11.3 Å². The summed E-state index contributed by atoms with van der Waals surface area (Å²) in [6, 6.07) is 10.9. The molecule has 5 nitrogen and oxygen atoms in total. The zero-order chi connectivity index (χ0) is 19.3. The van der Waals surface area contributed by atoms with Crippen molar-refractivity contribution in [3.8, 4) is 0 Å². The fourth-order valence-corrected chi connectivity index (χ4v) is 5.01. The predicted octanol–water partition coefficient (Wildman–Crippen LogP) is 3.47. The molecule has 0 N–H and O–H groups in total. The molecule has 1 amide bonds. The Morgan fingerprint density at radius 2 is 1.93 bits per heavy atom. The summed E-state index contributed by atoms with van der Waals surface area (Å²) in [7, 11) is 0. The summed E-state index contributed by atoms with van der Waals surface area (Å²) in [5.41, 5.74) is 2.78. The van der Waals surface area contributed by atoms with Crippen molar-refractivity contribution in [1.29, 1.82) is 0 Å². The van der Waals surface area contributed by atoms with Gasteiger partial charge in [0.1, 0.15) is 11.5 Å². The van der Waals surface area contributed by atoms with E-state index in [4.69, 9.17) is 0 Å². The quantitative estimate of drug-likeness (QED) is 0.678. The Morgan fingerprint density at radius 1 is 1.14 bits per heavy atom. The van der Waals surface area contributed by atoms with Gasteiger partial charge in [-0.2, -0.15) is 0 Å². The molecule has 1 saturated heterocycles. The molecule has 0 aliphatic carbocycles. The Morgan fingerprint density at radius 3 is 2.68 bits per heavy atom. The number of rotatable bonds is 4. The highest BCUT2D eigenvalue weighted by molar-refractivity contribution is 7.09. The molecule has 3 aromatic rings. The first-order valence-corrected chi connectivity index (χ1v) is 10.3. The van der Waals surface area contributed by atoms with E-state index in [0.29, 0.717) is 6.54 Å². The lowest BCUT2D eigenvalue weighted by molar-refractivity contribution is 0.0553. The molecular weight excluding hydrogens is 375 g/mol. The topological polar surface area (TPSA) is 41.4 Å². The Labute approximate surface area is 167 Å². The smallest absolute Gasteiger partial charge is 0.271 e. The van der Waals surface area contributed by atoms with Crippen molar-refractivity contribution in [2.75, 3.05) is 13.1 Å². The zero-order valence-corrected chi connectivity index (χ0v) is 16.4. The maximum atomic E-state index is 13.2. The van der Waals surface area contributed by atoms with Crippen LogP contribution in [0.3, 0.4) is 0 Å². The van der Waals surface area contributed by atoms with Gasteiger partial charge in [-0.3, -0.25) is 9.69 Å². The van der Waals surface area contributed by atoms with E-state index in [1.807, 2.05) is 47.7 Å². The summed E-state index contributed by atoms with van der Waals surface area (Å²) in [4.78, 5) is 22.1. The molecule has 7 heteroatoms. The van der Waals surface area contributed by atoms with Crippen LogP contribution in [0.25, 0.3) is 0 Å². The van der Waals surface area contributed by atoms with Gasteiger partial charge in [-0.25, -0.2) is 9.37 Å². The van der Waals surface area contributed by atoms with Crippen LogP contribution in [0.5, 0.6) is 0 Å². The summed E-state index contributed by atoms with van der Waals surface area (Å²) in [6.07, 6.45) is 2.01. The molecule has 28 heavy (non-hydrogen) atoms. The summed E-state index contributed by atoms with van der Waals surface area (Å²) in [6.45, 7) is 4.94. The van der Waals surface area contributed by atoms with Crippen molar-refractivity contribution in [2.45, 2.75) is 32.1 Å². The van der Waals surface area contributed by atoms with Gasteiger partial charge in [-0.1, -0.05) is 12.1 Å². The molecular formula is C21H21FN4OS. The summed E-state index contributed by atoms with van der Waals surface area (Å²) >= 11 is 1.61. The van der Waals surface area contributed by atoms with Crippen molar-refractivity contribution < 1.29 is 9.18 Å². The molecule has 2 aliphatic rings. The van der Waals surface area contributed by atoms with Crippen molar-refractivity contribution in [3.63, 3.8) is 0 Å². The Kier molecular flexibility index (Phi) is 4.29. The van der Waals surface area contributed by atoms with Gasteiger partial charge in [-0.05, 0) is 36.8 Å². The number of likely N-dealkylation sites (tertiary alicyclic amines) is 1. The van der Waals surface area contributed by atoms with Crippen LogP contribution < -0.4 is 0 Å². The van der Waals surface area contributed by atoms with Gasteiger partial charge in [0.15, 0.2) is 0 Å². The maximum Gasteiger partial charge on any atom is 0.271 e. The third-order valence-electron chi connectivity index (χ3n) is 5.67. The molecule has 4 heterocycles. The first-order chi connectivity index (χ1) is 13.6. The molecule has 2 atom stereocenters. The molecule has 2 aromatic heterocycles. The van der Waals surface area contributed by atoms with Gasteiger partial charge < -0.3 is 9.47 Å². The number of hydrogen-bond donors (Lipinski definition) is 0. The highest BCUT2D eigenvalue weighted by Gasteiger charge is 2.44. The number of fused-ring (bicyclic) bond motifs is 3. The summed E-state index contributed by atoms with van der Waals surface area (Å²) in [5, 5.41) is 3.06. The number of carbonyl (C=O) groups is 1. The number of carbonyl (C=O) groups excluding carboxylic acids is 1. The summed E-state index contributed by atoms with van der Waals surface area (Å²) in [5.74, 6) is -0.147.